The minimum absolute atomic E-state index is 0.559. The molecule has 0 atom stereocenters. The molecule has 4 heteroatoms. The molecule has 0 aromatic heterocycles. The predicted molar refractivity (Wildman–Crippen MR) is 85.9 cm³/mol. The Balaban J connectivity index is 2.43. The molecule has 1 aromatic carbocycles. The molecule has 0 heterocycles. The summed E-state index contributed by atoms with van der Waals surface area (Å²) in [4.78, 5) is 0. The maximum Gasteiger partial charge on any atom is 0.126 e. The summed E-state index contributed by atoms with van der Waals surface area (Å²) in [6.07, 6.45) is 0. The van der Waals surface area contributed by atoms with Crippen molar-refractivity contribution in [2.24, 2.45) is 5.92 Å². The summed E-state index contributed by atoms with van der Waals surface area (Å²) in [6.45, 7) is 10.7. The summed E-state index contributed by atoms with van der Waals surface area (Å²) in [5, 5.41) is 3.35. The first-order chi connectivity index (χ1) is 10.1. The topological polar surface area (TPSA) is 39.7 Å². The van der Waals surface area contributed by atoms with Gasteiger partial charge in [0.15, 0.2) is 0 Å². The van der Waals surface area contributed by atoms with Gasteiger partial charge < -0.3 is 19.5 Å². The molecule has 1 N–H and O–H groups in total. The van der Waals surface area contributed by atoms with E-state index in [1.807, 2.05) is 0 Å². The zero-order valence-electron chi connectivity index (χ0n) is 13.8. The van der Waals surface area contributed by atoms with E-state index in [0.717, 1.165) is 31.0 Å². The van der Waals surface area contributed by atoms with E-state index < -0.39 is 0 Å². The highest BCUT2D eigenvalue weighted by Crippen LogP contribution is 2.23. The highest BCUT2D eigenvalue weighted by atomic mass is 16.5. The van der Waals surface area contributed by atoms with Crippen LogP contribution in [0.5, 0.6) is 5.75 Å². The zero-order valence-corrected chi connectivity index (χ0v) is 13.8. The van der Waals surface area contributed by atoms with Crippen molar-refractivity contribution in [3.63, 3.8) is 0 Å². The van der Waals surface area contributed by atoms with Crippen LogP contribution in [0.1, 0.15) is 25.0 Å². The summed E-state index contributed by atoms with van der Waals surface area (Å²) in [6, 6.07) is 6.23. The van der Waals surface area contributed by atoms with Crippen LogP contribution < -0.4 is 10.1 Å². The molecule has 1 rings (SSSR count). The van der Waals surface area contributed by atoms with Crippen LogP contribution in [-0.2, 0) is 16.0 Å². The molecule has 0 aliphatic heterocycles. The SMILES string of the molecule is COCCNCc1cccc(C)c1OCCOCC(C)C. The molecule has 0 spiro atoms. The Morgan fingerprint density at radius 1 is 1.14 bits per heavy atom. The van der Waals surface area contributed by atoms with Gasteiger partial charge in [0.05, 0.1) is 13.2 Å². The smallest absolute Gasteiger partial charge is 0.126 e. The molecular formula is C17H29NO3. The molecule has 1 aromatic rings. The van der Waals surface area contributed by atoms with Gasteiger partial charge in [-0.05, 0) is 18.4 Å². The average molecular weight is 295 g/mol. The third kappa shape index (κ3) is 7.46. The maximum absolute atomic E-state index is 5.91. The van der Waals surface area contributed by atoms with Crippen LogP contribution in [0.25, 0.3) is 0 Å². The number of aryl methyl sites for hydroxylation is 1. The quantitative estimate of drug-likeness (QED) is 0.637. The first-order valence-electron chi connectivity index (χ1n) is 7.63. The van der Waals surface area contributed by atoms with Gasteiger partial charge in [0.1, 0.15) is 12.4 Å². The van der Waals surface area contributed by atoms with Gasteiger partial charge in [0.2, 0.25) is 0 Å². The van der Waals surface area contributed by atoms with Gasteiger partial charge in [0, 0.05) is 32.4 Å². The number of ether oxygens (including phenoxy) is 3. The van der Waals surface area contributed by atoms with Crippen molar-refractivity contribution in [1.29, 1.82) is 0 Å². The second-order valence-electron chi connectivity index (χ2n) is 5.55. The largest absolute Gasteiger partial charge is 0.491 e. The number of hydrogen-bond donors (Lipinski definition) is 1. The van der Waals surface area contributed by atoms with Crippen LogP contribution in [0.3, 0.4) is 0 Å². The van der Waals surface area contributed by atoms with E-state index in [2.05, 4.69) is 44.3 Å². The molecule has 0 unspecified atom stereocenters. The molecule has 0 saturated carbocycles. The monoisotopic (exact) mass is 295 g/mol. The molecule has 21 heavy (non-hydrogen) atoms. The van der Waals surface area contributed by atoms with Gasteiger partial charge in [-0.1, -0.05) is 32.0 Å². The molecular weight excluding hydrogens is 266 g/mol. The van der Waals surface area contributed by atoms with Crippen LogP contribution >= 0.6 is 0 Å². The van der Waals surface area contributed by atoms with E-state index in [0.29, 0.717) is 25.7 Å². The number of para-hydroxylation sites is 1. The molecule has 0 saturated heterocycles. The Labute approximate surface area is 128 Å². The van der Waals surface area contributed by atoms with Crippen LogP contribution in [0.15, 0.2) is 18.2 Å². The van der Waals surface area contributed by atoms with Crippen LogP contribution in [0, 0.1) is 12.8 Å². The number of benzene rings is 1. The molecule has 0 fully saturated rings. The van der Waals surface area contributed by atoms with Crippen molar-refractivity contribution in [3.05, 3.63) is 29.3 Å². The Morgan fingerprint density at radius 2 is 1.95 bits per heavy atom. The normalized spacial score (nSPS) is 11.1. The fourth-order valence-corrected chi connectivity index (χ4v) is 1.98. The molecule has 0 amide bonds. The first-order valence-corrected chi connectivity index (χ1v) is 7.63. The molecule has 0 aliphatic carbocycles. The summed E-state index contributed by atoms with van der Waals surface area (Å²) in [7, 11) is 1.71. The predicted octanol–water partition coefficient (Wildman–Crippen LogP) is 2.78. The summed E-state index contributed by atoms with van der Waals surface area (Å²) in [5.74, 6) is 1.53. The number of rotatable bonds is 11. The summed E-state index contributed by atoms with van der Waals surface area (Å²) in [5.41, 5.74) is 2.33. The number of methoxy groups -OCH3 is 1. The molecule has 120 valence electrons. The van der Waals surface area contributed by atoms with Gasteiger partial charge in [-0.15, -0.1) is 0 Å². The minimum Gasteiger partial charge on any atom is -0.491 e. The van der Waals surface area contributed by atoms with E-state index in [-0.39, 0.29) is 0 Å². The molecule has 0 aliphatic rings. The van der Waals surface area contributed by atoms with Crippen molar-refractivity contribution in [2.75, 3.05) is 40.1 Å². The number of nitrogens with one attached hydrogen (secondary N) is 1. The Hall–Kier alpha value is -1.10. The van der Waals surface area contributed by atoms with E-state index in [9.17, 15) is 0 Å². The third-order valence-electron chi connectivity index (χ3n) is 3.02. The standard InChI is InChI=1S/C17H29NO3/c1-14(2)13-20-10-11-21-17-15(3)6-5-7-16(17)12-18-8-9-19-4/h5-7,14,18H,8-13H2,1-4H3. The fourth-order valence-electron chi connectivity index (χ4n) is 1.98. The van der Waals surface area contributed by atoms with Crippen molar-refractivity contribution in [2.45, 2.75) is 27.3 Å². The Kier molecular flexibility index (Phi) is 9.06. The van der Waals surface area contributed by atoms with Crippen molar-refractivity contribution in [3.8, 4) is 5.75 Å². The second kappa shape index (κ2) is 10.6. The molecule has 0 radical (unpaired) electrons. The Morgan fingerprint density at radius 3 is 2.67 bits per heavy atom. The lowest BCUT2D eigenvalue weighted by Crippen LogP contribution is -2.19. The highest BCUT2D eigenvalue weighted by molar-refractivity contribution is 5.40. The van der Waals surface area contributed by atoms with E-state index >= 15 is 0 Å². The lowest BCUT2D eigenvalue weighted by atomic mass is 10.1. The van der Waals surface area contributed by atoms with E-state index in [4.69, 9.17) is 14.2 Å². The van der Waals surface area contributed by atoms with Gasteiger partial charge >= 0.3 is 0 Å². The third-order valence-corrected chi connectivity index (χ3v) is 3.02. The van der Waals surface area contributed by atoms with Crippen molar-refractivity contribution < 1.29 is 14.2 Å². The van der Waals surface area contributed by atoms with Crippen LogP contribution in [-0.4, -0.2) is 40.1 Å². The lowest BCUT2D eigenvalue weighted by molar-refractivity contribution is 0.0814. The summed E-state index contributed by atoms with van der Waals surface area (Å²) < 4.78 is 16.5. The maximum atomic E-state index is 5.91. The zero-order chi connectivity index (χ0) is 15.5. The number of hydrogen-bond acceptors (Lipinski definition) is 4. The lowest BCUT2D eigenvalue weighted by Gasteiger charge is -2.15. The highest BCUT2D eigenvalue weighted by Gasteiger charge is 2.06. The Bertz CT molecular complexity index is 394. The van der Waals surface area contributed by atoms with Crippen LogP contribution in [0.4, 0.5) is 0 Å². The molecule has 0 bridgehead atoms. The van der Waals surface area contributed by atoms with Gasteiger partial charge in [-0.3, -0.25) is 0 Å². The van der Waals surface area contributed by atoms with Crippen molar-refractivity contribution >= 4 is 0 Å². The van der Waals surface area contributed by atoms with Crippen LogP contribution in [0.2, 0.25) is 0 Å². The fraction of sp³-hybridized carbons (Fsp3) is 0.647. The van der Waals surface area contributed by atoms with E-state index in [1.165, 1.54) is 5.56 Å². The van der Waals surface area contributed by atoms with Gasteiger partial charge in [-0.2, -0.15) is 0 Å². The van der Waals surface area contributed by atoms with E-state index in [1.54, 1.807) is 7.11 Å². The summed E-state index contributed by atoms with van der Waals surface area (Å²) >= 11 is 0. The first kappa shape index (κ1) is 18.0. The van der Waals surface area contributed by atoms with Gasteiger partial charge in [-0.25, -0.2) is 0 Å². The molecule has 4 nitrogen and oxygen atoms in total. The minimum atomic E-state index is 0.559. The van der Waals surface area contributed by atoms with Crippen molar-refractivity contribution in [1.82, 2.24) is 5.32 Å². The van der Waals surface area contributed by atoms with Gasteiger partial charge in [0.25, 0.3) is 0 Å². The average Bonchev–Trinajstić information content (AvgIpc) is 2.45. The second-order valence-corrected chi connectivity index (χ2v) is 5.55.